The van der Waals surface area contributed by atoms with Gasteiger partial charge in [0.2, 0.25) is 11.0 Å². The summed E-state index contributed by atoms with van der Waals surface area (Å²) in [6.07, 6.45) is 0.213. The third kappa shape index (κ3) is 6.18. The van der Waals surface area contributed by atoms with Crippen LogP contribution in [0, 0.1) is 17.0 Å². The van der Waals surface area contributed by atoms with Gasteiger partial charge in [0.05, 0.1) is 4.92 Å². The molecule has 0 bridgehead atoms. The fraction of sp³-hybridized carbons (Fsp3) is 0.120. The number of amides is 2. The average Bonchev–Trinajstić information content (AvgIpc) is 3.33. The Morgan fingerprint density at radius 2 is 1.78 bits per heavy atom. The molecule has 0 saturated heterocycles. The van der Waals surface area contributed by atoms with E-state index in [1.165, 1.54) is 29.5 Å². The molecule has 0 spiro atoms. The Morgan fingerprint density at radius 1 is 1.06 bits per heavy atom. The molecule has 1 aromatic heterocycles. The van der Waals surface area contributed by atoms with Gasteiger partial charge in [-0.05, 0) is 30.7 Å². The minimum absolute atomic E-state index is 0.0894. The molecule has 1 atom stereocenters. The second kappa shape index (κ2) is 11.2. The van der Waals surface area contributed by atoms with E-state index in [0.717, 1.165) is 15.6 Å². The molecule has 4 aromatic rings. The second-order valence-electron chi connectivity index (χ2n) is 7.88. The van der Waals surface area contributed by atoms with Gasteiger partial charge in [0.25, 0.3) is 11.6 Å². The van der Waals surface area contributed by atoms with E-state index in [1.807, 2.05) is 54.6 Å². The van der Waals surface area contributed by atoms with E-state index in [9.17, 15) is 19.7 Å². The molecule has 0 unspecified atom stereocenters. The third-order valence-corrected chi connectivity index (χ3v) is 6.74. The monoisotopic (exact) mass is 565 g/mol. The van der Waals surface area contributed by atoms with Crippen LogP contribution in [-0.2, 0) is 11.2 Å². The van der Waals surface area contributed by atoms with Crippen LogP contribution in [0.1, 0.15) is 21.5 Å². The highest BCUT2D eigenvalue weighted by Crippen LogP contribution is 2.27. The van der Waals surface area contributed by atoms with E-state index in [1.54, 1.807) is 6.92 Å². The Balaban J connectivity index is 1.54. The molecular weight excluding hydrogens is 546 g/mol. The molecular formula is C25H20BrN5O4S. The van der Waals surface area contributed by atoms with Crippen molar-refractivity contribution in [3.63, 3.8) is 0 Å². The molecule has 0 aliphatic carbocycles. The summed E-state index contributed by atoms with van der Waals surface area (Å²) >= 11 is 4.60. The van der Waals surface area contributed by atoms with Crippen LogP contribution in [0.4, 0.5) is 10.8 Å². The minimum atomic E-state index is -0.958. The minimum Gasteiger partial charge on any atom is -0.340 e. The van der Waals surface area contributed by atoms with Crippen LogP contribution < -0.4 is 10.6 Å². The van der Waals surface area contributed by atoms with Crippen molar-refractivity contribution in [3.8, 4) is 10.6 Å². The fourth-order valence-electron chi connectivity index (χ4n) is 3.42. The van der Waals surface area contributed by atoms with Crippen molar-refractivity contribution in [3.05, 3.63) is 104 Å². The van der Waals surface area contributed by atoms with E-state index < -0.39 is 22.8 Å². The Bertz CT molecular complexity index is 1410. The molecule has 2 amide bonds. The number of nitrogens with zero attached hydrogens (tertiary/aromatic N) is 3. The van der Waals surface area contributed by atoms with Crippen molar-refractivity contribution in [2.45, 2.75) is 19.4 Å². The van der Waals surface area contributed by atoms with Gasteiger partial charge in [-0.15, -0.1) is 10.2 Å². The molecule has 2 N–H and O–H groups in total. The number of halogens is 1. The molecule has 4 rings (SSSR count). The summed E-state index contributed by atoms with van der Waals surface area (Å²) in [6, 6.07) is 20.0. The number of anilines is 1. The van der Waals surface area contributed by atoms with Crippen molar-refractivity contribution in [2.24, 2.45) is 0 Å². The predicted octanol–water partition coefficient (Wildman–Crippen LogP) is 5.16. The molecule has 0 fully saturated rings. The van der Waals surface area contributed by atoms with E-state index in [0.29, 0.717) is 10.6 Å². The second-order valence-corrected chi connectivity index (χ2v) is 9.78. The van der Waals surface area contributed by atoms with Gasteiger partial charge in [-0.1, -0.05) is 75.8 Å². The summed E-state index contributed by atoms with van der Waals surface area (Å²) in [6.45, 7) is 1.59. The van der Waals surface area contributed by atoms with Gasteiger partial charge in [-0.2, -0.15) is 0 Å². The first-order chi connectivity index (χ1) is 17.3. The molecule has 11 heteroatoms. The SMILES string of the molecule is Cc1ccc(C(=O)N[C@H](Cc2ccccc2)C(=O)Nc2nnc(-c3ccc(Br)cc3)s2)cc1[N+](=O)[O-]. The Hall–Kier alpha value is -3.96. The average molecular weight is 566 g/mol. The lowest BCUT2D eigenvalue weighted by molar-refractivity contribution is -0.385. The summed E-state index contributed by atoms with van der Waals surface area (Å²) < 4.78 is 0.933. The van der Waals surface area contributed by atoms with Crippen LogP contribution in [0.25, 0.3) is 10.6 Å². The molecule has 0 saturated carbocycles. The van der Waals surface area contributed by atoms with Crippen molar-refractivity contribution < 1.29 is 14.5 Å². The maximum absolute atomic E-state index is 13.2. The first kappa shape index (κ1) is 25.1. The smallest absolute Gasteiger partial charge is 0.273 e. The summed E-state index contributed by atoms with van der Waals surface area (Å²) in [5.74, 6) is -1.07. The number of carbonyl (C=O) groups is 2. The predicted molar refractivity (Wildman–Crippen MR) is 141 cm³/mol. The molecule has 36 heavy (non-hydrogen) atoms. The zero-order valence-electron chi connectivity index (χ0n) is 19.0. The quantitative estimate of drug-likeness (QED) is 0.224. The van der Waals surface area contributed by atoms with E-state index >= 15 is 0 Å². The number of nitrogens with one attached hydrogen (secondary N) is 2. The summed E-state index contributed by atoms with van der Waals surface area (Å²) in [5.41, 5.74) is 2.05. The largest absolute Gasteiger partial charge is 0.340 e. The number of hydrogen-bond donors (Lipinski definition) is 2. The van der Waals surface area contributed by atoms with Crippen LogP contribution in [0.3, 0.4) is 0 Å². The number of benzene rings is 3. The number of aryl methyl sites for hydroxylation is 1. The number of rotatable bonds is 8. The van der Waals surface area contributed by atoms with Gasteiger partial charge in [0.1, 0.15) is 11.0 Å². The van der Waals surface area contributed by atoms with Crippen LogP contribution in [0.2, 0.25) is 0 Å². The maximum atomic E-state index is 13.2. The van der Waals surface area contributed by atoms with Gasteiger partial charge in [0.15, 0.2) is 0 Å². The van der Waals surface area contributed by atoms with Crippen LogP contribution >= 0.6 is 27.3 Å². The highest BCUT2D eigenvalue weighted by molar-refractivity contribution is 9.10. The highest BCUT2D eigenvalue weighted by atomic mass is 79.9. The van der Waals surface area contributed by atoms with E-state index in [4.69, 9.17) is 0 Å². The van der Waals surface area contributed by atoms with Crippen molar-refractivity contribution >= 4 is 49.9 Å². The number of nitro benzene ring substituents is 1. The first-order valence-corrected chi connectivity index (χ1v) is 12.4. The molecule has 0 aliphatic rings. The molecule has 182 valence electrons. The van der Waals surface area contributed by atoms with Gasteiger partial charge in [0, 0.05) is 33.7 Å². The van der Waals surface area contributed by atoms with E-state index in [2.05, 4.69) is 36.8 Å². The molecule has 0 aliphatic heterocycles. The standard InChI is InChI=1S/C25H20BrN5O4S/c1-15-7-8-18(14-21(15)31(34)35)22(32)27-20(13-16-5-3-2-4-6-16)23(33)28-25-30-29-24(36-25)17-9-11-19(26)12-10-17/h2-12,14,20H,13H2,1H3,(H,27,32)(H,28,30,33)/t20-/m1/s1. The van der Waals surface area contributed by atoms with Crippen molar-refractivity contribution in [1.29, 1.82) is 0 Å². The Kier molecular flexibility index (Phi) is 7.81. The third-order valence-electron chi connectivity index (χ3n) is 5.32. The van der Waals surface area contributed by atoms with Gasteiger partial charge in [-0.3, -0.25) is 25.0 Å². The zero-order valence-corrected chi connectivity index (χ0v) is 21.4. The first-order valence-electron chi connectivity index (χ1n) is 10.8. The van der Waals surface area contributed by atoms with Gasteiger partial charge < -0.3 is 5.32 Å². The summed E-state index contributed by atoms with van der Waals surface area (Å²) in [5, 5.41) is 25.9. The zero-order chi connectivity index (χ0) is 25.7. The Morgan fingerprint density at radius 3 is 2.47 bits per heavy atom. The Labute approximate surface area is 218 Å². The lowest BCUT2D eigenvalue weighted by Gasteiger charge is -2.18. The molecule has 9 nitrogen and oxygen atoms in total. The van der Waals surface area contributed by atoms with Gasteiger partial charge in [-0.25, -0.2) is 0 Å². The van der Waals surface area contributed by atoms with Crippen molar-refractivity contribution in [2.75, 3.05) is 5.32 Å². The van der Waals surface area contributed by atoms with Crippen LogP contribution in [-0.4, -0.2) is 33.0 Å². The van der Waals surface area contributed by atoms with E-state index in [-0.39, 0.29) is 22.8 Å². The maximum Gasteiger partial charge on any atom is 0.273 e. The van der Waals surface area contributed by atoms with Crippen LogP contribution in [0.15, 0.2) is 77.3 Å². The topological polar surface area (TPSA) is 127 Å². The number of carbonyl (C=O) groups excluding carboxylic acids is 2. The lowest BCUT2D eigenvalue weighted by Crippen LogP contribution is -2.45. The molecule has 1 heterocycles. The summed E-state index contributed by atoms with van der Waals surface area (Å²) in [7, 11) is 0. The molecule has 0 radical (unpaired) electrons. The van der Waals surface area contributed by atoms with Gasteiger partial charge >= 0.3 is 0 Å². The lowest BCUT2D eigenvalue weighted by atomic mass is 10.0. The highest BCUT2D eigenvalue weighted by Gasteiger charge is 2.24. The van der Waals surface area contributed by atoms with Crippen LogP contribution in [0.5, 0.6) is 0 Å². The summed E-state index contributed by atoms with van der Waals surface area (Å²) in [4.78, 5) is 36.9. The normalized spacial score (nSPS) is 11.5. The number of nitro groups is 1. The molecule has 3 aromatic carbocycles. The number of aromatic nitrogens is 2. The fourth-order valence-corrected chi connectivity index (χ4v) is 4.44. The van der Waals surface area contributed by atoms with Crippen molar-refractivity contribution in [1.82, 2.24) is 15.5 Å². The number of hydrogen-bond acceptors (Lipinski definition) is 7.